The average molecular weight is 272 g/mol. The highest BCUT2D eigenvalue weighted by Gasteiger charge is 2.05. The van der Waals surface area contributed by atoms with Crippen LogP contribution in [0.5, 0.6) is 0 Å². The molecule has 0 spiro atoms. The zero-order valence-electron chi connectivity index (χ0n) is 9.20. The minimum atomic E-state index is -0.229. The first kappa shape index (κ1) is 12.7. The molecule has 15 heavy (non-hydrogen) atoms. The van der Waals surface area contributed by atoms with Crippen LogP contribution in [0, 0.1) is 0 Å². The molecule has 0 aliphatic heterocycles. The molecular weight excluding hydrogens is 254 g/mol. The van der Waals surface area contributed by atoms with Gasteiger partial charge in [-0.25, -0.2) is 0 Å². The lowest BCUT2D eigenvalue weighted by Crippen LogP contribution is -2.22. The molecule has 0 bridgehead atoms. The van der Waals surface area contributed by atoms with Gasteiger partial charge in [0.15, 0.2) is 0 Å². The van der Waals surface area contributed by atoms with E-state index in [2.05, 4.69) is 40.3 Å². The van der Waals surface area contributed by atoms with Gasteiger partial charge < -0.3 is 10.4 Å². The van der Waals surface area contributed by atoms with E-state index < -0.39 is 0 Å². The van der Waals surface area contributed by atoms with Crippen molar-refractivity contribution in [3.8, 4) is 0 Å². The van der Waals surface area contributed by atoms with Gasteiger partial charge in [-0.05, 0) is 44.5 Å². The number of hydrogen-bond acceptors (Lipinski definition) is 2. The lowest BCUT2D eigenvalue weighted by Gasteiger charge is -2.15. The molecule has 0 unspecified atom stereocenters. The maximum Gasteiger partial charge on any atom is 0.0524 e. The zero-order chi connectivity index (χ0) is 11.3. The molecule has 1 rings (SSSR count). The van der Waals surface area contributed by atoms with Crippen LogP contribution in [0.3, 0.4) is 0 Å². The Morgan fingerprint density at radius 1 is 1.40 bits per heavy atom. The third-order valence-electron chi connectivity index (χ3n) is 2.36. The quantitative estimate of drug-likeness (QED) is 0.863. The van der Waals surface area contributed by atoms with Crippen molar-refractivity contribution in [1.29, 1.82) is 0 Å². The number of aliphatic hydroxyl groups excluding tert-OH is 1. The Bertz CT molecular complexity index is 301. The summed E-state index contributed by atoms with van der Waals surface area (Å²) in [6, 6.07) is 8.59. The Morgan fingerprint density at radius 3 is 2.73 bits per heavy atom. The molecule has 0 saturated carbocycles. The molecule has 1 aromatic carbocycles. The molecule has 0 aliphatic carbocycles. The monoisotopic (exact) mass is 271 g/mol. The average Bonchev–Trinajstić information content (AvgIpc) is 2.17. The summed E-state index contributed by atoms with van der Waals surface area (Å²) in [7, 11) is 0. The van der Waals surface area contributed by atoms with Gasteiger partial charge >= 0.3 is 0 Å². The molecule has 0 amide bonds. The summed E-state index contributed by atoms with van der Waals surface area (Å²) < 4.78 is 1.10. The highest BCUT2D eigenvalue weighted by Crippen LogP contribution is 2.17. The van der Waals surface area contributed by atoms with Crippen LogP contribution in [0.2, 0.25) is 0 Å². The summed E-state index contributed by atoms with van der Waals surface area (Å²) in [6.07, 6.45) is 0.561. The molecule has 0 saturated heterocycles. The van der Waals surface area contributed by atoms with Gasteiger partial charge in [0.2, 0.25) is 0 Å². The van der Waals surface area contributed by atoms with E-state index in [0.29, 0.717) is 6.04 Å². The Morgan fingerprint density at radius 2 is 2.13 bits per heavy atom. The predicted octanol–water partition coefficient (Wildman–Crippen LogP) is 2.87. The van der Waals surface area contributed by atoms with Crippen molar-refractivity contribution >= 4 is 15.9 Å². The summed E-state index contributed by atoms with van der Waals surface area (Å²) in [5.41, 5.74) is 1.26. The molecule has 0 aromatic heterocycles. The largest absolute Gasteiger partial charge is 0.393 e. The minimum absolute atomic E-state index is 0.229. The molecule has 84 valence electrons. The molecule has 2 nitrogen and oxygen atoms in total. The van der Waals surface area contributed by atoms with Crippen molar-refractivity contribution in [2.75, 3.05) is 6.54 Å². The summed E-state index contributed by atoms with van der Waals surface area (Å²) in [5, 5.41) is 12.5. The van der Waals surface area contributed by atoms with Gasteiger partial charge in [-0.1, -0.05) is 28.1 Å². The number of halogens is 1. The molecule has 1 aromatic rings. The molecule has 0 heterocycles. The molecule has 2 atom stereocenters. The topological polar surface area (TPSA) is 32.3 Å². The molecule has 2 N–H and O–H groups in total. The normalized spacial score (nSPS) is 14.9. The SMILES string of the molecule is C[C@H](O)CCN[C@@H](C)c1cccc(Br)c1. The maximum absolute atomic E-state index is 9.13. The van der Waals surface area contributed by atoms with E-state index in [1.165, 1.54) is 5.56 Å². The fourth-order valence-corrected chi connectivity index (χ4v) is 1.82. The summed E-state index contributed by atoms with van der Waals surface area (Å²) >= 11 is 3.45. The predicted molar refractivity (Wildman–Crippen MR) is 66.9 cm³/mol. The van der Waals surface area contributed by atoms with Crippen molar-refractivity contribution in [2.24, 2.45) is 0 Å². The third kappa shape index (κ3) is 4.78. The highest BCUT2D eigenvalue weighted by atomic mass is 79.9. The zero-order valence-corrected chi connectivity index (χ0v) is 10.8. The number of rotatable bonds is 5. The summed E-state index contributed by atoms with van der Waals surface area (Å²) in [6.45, 7) is 4.78. The first-order valence-corrected chi connectivity index (χ1v) is 6.06. The lowest BCUT2D eigenvalue weighted by molar-refractivity contribution is 0.182. The molecule has 0 aliphatic rings. The smallest absolute Gasteiger partial charge is 0.0524 e. The number of benzene rings is 1. The van der Waals surface area contributed by atoms with Crippen LogP contribution in [-0.4, -0.2) is 17.8 Å². The Hall–Kier alpha value is -0.380. The molecule has 0 fully saturated rings. The first-order chi connectivity index (χ1) is 7.09. The van der Waals surface area contributed by atoms with Crippen molar-refractivity contribution in [3.05, 3.63) is 34.3 Å². The van der Waals surface area contributed by atoms with Crippen LogP contribution < -0.4 is 5.32 Å². The fraction of sp³-hybridized carbons (Fsp3) is 0.500. The fourth-order valence-electron chi connectivity index (χ4n) is 1.40. The second kappa shape index (κ2) is 6.26. The van der Waals surface area contributed by atoms with Crippen LogP contribution in [0.25, 0.3) is 0 Å². The van der Waals surface area contributed by atoms with E-state index in [0.717, 1.165) is 17.4 Å². The number of nitrogens with one attached hydrogen (secondary N) is 1. The Kier molecular flexibility index (Phi) is 5.29. The number of aliphatic hydroxyl groups is 1. The van der Waals surface area contributed by atoms with Crippen molar-refractivity contribution < 1.29 is 5.11 Å². The molecule has 0 radical (unpaired) electrons. The lowest BCUT2D eigenvalue weighted by atomic mass is 10.1. The van der Waals surface area contributed by atoms with Gasteiger partial charge in [0.05, 0.1) is 6.10 Å². The summed E-state index contributed by atoms with van der Waals surface area (Å²) in [4.78, 5) is 0. The standard InChI is InChI=1S/C12H18BrNO/c1-9(15)6-7-14-10(2)11-4-3-5-12(13)8-11/h3-5,8-10,14-15H,6-7H2,1-2H3/t9-,10-/m0/s1. The Labute approximate surface area is 99.8 Å². The molecular formula is C12H18BrNO. The van der Waals surface area contributed by atoms with E-state index in [1.807, 2.05) is 19.1 Å². The minimum Gasteiger partial charge on any atom is -0.393 e. The van der Waals surface area contributed by atoms with Crippen molar-refractivity contribution in [3.63, 3.8) is 0 Å². The van der Waals surface area contributed by atoms with E-state index in [1.54, 1.807) is 0 Å². The number of hydrogen-bond donors (Lipinski definition) is 2. The van der Waals surface area contributed by atoms with Gasteiger partial charge in [0.1, 0.15) is 0 Å². The second-order valence-corrected chi connectivity index (χ2v) is 4.78. The van der Waals surface area contributed by atoms with Crippen LogP contribution in [0.4, 0.5) is 0 Å². The van der Waals surface area contributed by atoms with Gasteiger partial charge in [0.25, 0.3) is 0 Å². The summed E-state index contributed by atoms with van der Waals surface area (Å²) in [5.74, 6) is 0. The Balaban J connectivity index is 2.43. The first-order valence-electron chi connectivity index (χ1n) is 5.26. The molecule has 3 heteroatoms. The van der Waals surface area contributed by atoms with E-state index in [4.69, 9.17) is 5.11 Å². The third-order valence-corrected chi connectivity index (χ3v) is 2.85. The maximum atomic E-state index is 9.13. The second-order valence-electron chi connectivity index (χ2n) is 3.87. The van der Waals surface area contributed by atoms with Crippen LogP contribution >= 0.6 is 15.9 Å². The van der Waals surface area contributed by atoms with Crippen molar-refractivity contribution in [2.45, 2.75) is 32.4 Å². The van der Waals surface area contributed by atoms with Crippen LogP contribution in [0.15, 0.2) is 28.7 Å². The van der Waals surface area contributed by atoms with Gasteiger partial charge in [-0.2, -0.15) is 0 Å². The highest BCUT2D eigenvalue weighted by molar-refractivity contribution is 9.10. The van der Waals surface area contributed by atoms with Gasteiger partial charge in [-0.3, -0.25) is 0 Å². The van der Waals surface area contributed by atoms with Gasteiger partial charge in [0, 0.05) is 10.5 Å². The van der Waals surface area contributed by atoms with Crippen molar-refractivity contribution in [1.82, 2.24) is 5.32 Å². The van der Waals surface area contributed by atoms with Crippen LogP contribution in [-0.2, 0) is 0 Å². The van der Waals surface area contributed by atoms with Gasteiger partial charge in [-0.15, -0.1) is 0 Å². The van der Waals surface area contributed by atoms with E-state index >= 15 is 0 Å². The van der Waals surface area contributed by atoms with Crippen LogP contribution in [0.1, 0.15) is 31.9 Å². The van der Waals surface area contributed by atoms with E-state index in [-0.39, 0.29) is 6.10 Å². The van der Waals surface area contributed by atoms with E-state index in [9.17, 15) is 0 Å².